The maximum absolute atomic E-state index is 12.5. The average Bonchev–Trinajstić information content (AvgIpc) is 3.09. The van der Waals surface area contributed by atoms with Gasteiger partial charge in [-0.3, -0.25) is 4.79 Å². The molecule has 0 aliphatic rings. The maximum Gasteiger partial charge on any atom is 0.238 e. The normalized spacial score (nSPS) is 11.6. The summed E-state index contributed by atoms with van der Waals surface area (Å²) in [7, 11) is -3.85. The van der Waals surface area contributed by atoms with Gasteiger partial charge in [-0.15, -0.1) is 0 Å². The molecular weight excluding hydrogens is 468 g/mol. The first-order chi connectivity index (χ1) is 15.3. The number of nitrogens with one attached hydrogen (secondary N) is 1. The van der Waals surface area contributed by atoms with E-state index < -0.39 is 10.0 Å². The third-order valence-electron chi connectivity index (χ3n) is 4.64. The van der Waals surface area contributed by atoms with Crippen LogP contribution in [-0.4, -0.2) is 29.6 Å². The number of carbonyl (C=O) groups excluding carboxylic acids is 1. The Morgan fingerprint density at radius 1 is 1.06 bits per heavy atom. The molecule has 32 heavy (non-hydrogen) atoms. The Kier molecular flexibility index (Phi) is 6.52. The molecule has 0 saturated carbocycles. The maximum atomic E-state index is 12.5. The van der Waals surface area contributed by atoms with Gasteiger partial charge in [-0.1, -0.05) is 59.8 Å². The van der Waals surface area contributed by atoms with Gasteiger partial charge in [0.2, 0.25) is 15.9 Å². The van der Waals surface area contributed by atoms with Gasteiger partial charge in [-0.05, 0) is 42.0 Å². The summed E-state index contributed by atoms with van der Waals surface area (Å²) in [6.07, 6.45) is 0. The summed E-state index contributed by atoms with van der Waals surface area (Å²) < 4.78 is 25.1. The first-order valence-corrected chi connectivity index (χ1v) is 12.5. The predicted molar refractivity (Wildman–Crippen MR) is 127 cm³/mol. The monoisotopic (exact) mass is 486 g/mol. The van der Waals surface area contributed by atoms with Gasteiger partial charge in [0, 0.05) is 10.7 Å². The predicted octanol–water partition coefficient (Wildman–Crippen LogP) is 4.12. The molecule has 164 valence electrons. The molecule has 0 saturated heterocycles. The van der Waals surface area contributed by atoms with Crippen LogP contribution in [0.1, 0.15) is 5.56 Å². The van der Waals surface area contributed by atoms with Crippen LogP contribution in [0, 0.1) is 0 Å². The second-order valence-electron chi connectivity index (χ2n) is 7.01. The SMILES string of the molecule is NS(=O)(=O)c1cccc(NC(=O)CSc2nc3cc(Cl)ccc3n2Cc2ccccc2)c1. The van der Waals surface area contributed by atoms with Gasteiger partial charge in [0.1, 0.15) is 0 Å². The number of aromatic nitrogens is 2. The smallest absolute Gasteiger partial charge is 0.238 e. The Hall–Kier alpha value is -2.85. The van der Waals surface area contributed by atoms with Crippen LogP contribution < -0.4 is 10.5 Å². The molecule has 0 aliphatic heterocycles. The zero-order valence-corrected chi connectivity index (χ0v) is 19.1. The molecule has 1 amide bonds. The largest absolute Gasteiger partial charge is 0.325 e. The minimum atomic E-state index is -3.85. The number of carbonyl (C=O) groups is 1. The number of primary sulfonamides is 1. The summed E-state index contributed by atoms with van der Waals surface area (Å²) in [5.74, 6) is -0.205. The Morgan fingerprint density at radius 3 is 2.59 bits per heavy atom. The molecule has 3 N–H and O–H groups in total. The Balaban J connectivity index is 1.54. The number of thioether (sulfide) groups is 1. The molecule has 3 aromatic carbocycles. The van der Waals surface area contributed by atoms with E-state index in [1.807, 2.05) is 47.0 Å². The quantitative estimate of drug-likeness (QED) is 0.382. The van der Waals surface area contributed by atoms with E-state index in [1.54, 1.807) is 12.1 Å². The lowest BCUT2D eigenvalue weighted by Crippen LogP contribution is -2.16. The molecule has 7 nitrogen and oxygen atoms in total. The number of hydrogen-bond acceptors (Lipinski definition) is 5. The fourth-order valence-electron chi connectivity index (χ4n) is 3.19. The van der Waals surface area contributed by atoms with Crippen molar-refractivity contribution in [2.24, 2.45) is 5.14 Å². The van der Waals surface area contributed by atoms with Crippen LogP contribution in [0.25, 0.3) is 11.0 Å². The molecule has 1 heterocycles. The third-order valence-corrected chi connectivity index (χ3v) is 6.76. The Labute approximate surface area is 194 Å². The molecular formula is C22H19ClN4O3S2. The molecule has 10 heteroatoms. The second kappa shape index (κ2) is 9.33. The van der Waals surface area contributed by atoms with Crippen LogP contribution in [0.5, 0.6) is 0 Å². The van der Waals surface area contributed by atoms with Crippen molar-refractivity contribution in [3.8, 4) is 0 Å². The number of rotatable bonds is 7. The zero-order valence-electron chi connectivity index (χ0n) is 16.7. The highest BCUT2D eigenvalue weighted by molar-refractivity contribution is 7.99. The molecule has 4 aromatic rings. The standard InChI is InChI=1S/C22H19ClN4O3S2/c23-16-9-10-20-19(11-16)26-22(27(20)13-15-5-2-1-3-6-15)31-14-21(28)25-17-7-4-8-18(12-17)32(24,29)30/h1-12H,13-14H2,(H,25,28)(H2,24,29,30). The zero-order chi connectivity index (χ0) is 22.7. The molecule has 1 aromatic heterocycles. The molecule has 0 fully saturated rings. The van der Waals surface area contributed by atoms with Crippen molar-refractivity contribution in [3.05, 3.63) is 83.4 Å². The third kappa shape index (κ3) is 5.31. The van der Waals surface area contributed by atoms with Crippen LogP contribution in [0.3, 0.4) is 0 Å². The average molecular weight is 487 g/mol. The Bertz CT molecular complexity index is 1390. The molecule has 0 unspecified atom stereocenters. The number of anilines is 1. The summed E-state index contributed by atoms with van der Waals surface area (Å²) in [6, 6.07) is 21.3. The highest BCUT2D eigenvalue weighted by Gasteiger charge is 2.15. The van der Waals surface area contributed by atoms with Crippen molar-refractivity contribution in [2.75, 3.05) is 11.1 Å². The molecule has 0 aliphatic carbocycles. The fourth-order valence-corrected chi connectivity index (χ4v) is 4.73. The van der Waals surface area contributed by atoms with Gasteiger partial charge >= 0.3 is 0 Å². The summed E-state index contributed by atoms with van der Waals surface area (Å²) in [6.45, 7) is 0.597. The lowest BCUT2D eigenvalue weighted by Gasteiger charge is -2.10. The van der Waals surface area contributed by atoms with Gasteiger partial charge in [0.25, 0.3) is 0 Å². The van der Waals surface area contributed by atoms with Crippen molar-refractivity contribution in [1.82, 2.24) is 9.55 Å². The number of nitrogens with two attached hydrogens (primary N) is 1. The minimum Gasteiger partial charge on any atom is -0.325 e. The van der Waals surface area contributed by atoms with E-state index >= 15 is 0 Å². The first-order valence-electron chi connectivity index (χ1n) is 9.55. The van der Waals surface area contributed by atoms with Crippen molar-refractivity contribution in [2.45, 2.75) is 16.6 Å². The van der Waals surface area contributed by atoms with Gasteiger partial charge in [-0.2, -0.15) is 0 Å². The molecule has 0 radical (unpaired) electrons. The summed E-state index contributed by atoms with van der Waals surface area (Å²) in [4.78, 5) is 17.1. The highest BCUT2D eigenvalue weighted by Crippen LogP contribution is 2.27. The topological polar surface area (TPSA) is 107 Å². The molecule has 4 rings (SSSR count). The molecule has 0 bridgehead atoms. The lowest BCUT2D eigenvalue weighted by molar-refractivity contribution is -0.113. The van der Waals surface area contributed by atoms with Gasteiger partial charge in [-0.25, -0.2) is 18.5 Å². The van der Waals surface area contributed by atoms with Gasteiger partial charge in [0.05, 0.1) is 28.2 Å². The van der Waals surface area contributed by atoms with E-state index in [1.165, 1.54) is 30.0 Å². The van der Waals surface area contributed by atoms with Crippen molar-refractivity contribution < 1.29 is 13.2 Å². The van der Waals surface area contributed by atoms with E-state index in [0.29, 0.717) is 22.4 Å². The number of nitrogens with zero attached hydrogens (tertiary/aromatic N) is 2. The number of amides is 1. The van der Waals surface area contributed by atoms with Gasteiger partial charge in [0.15, 0.2) is 5.16 Å². The first kappa shape index (κ1) is 22.3. The van der Waals surface area contributed by atoms with Crippen molar-refractivity contribution in [3.63, 3.8) is 0 Å². The Morgan fingerprint density at radius 2 is 1.84 bits per heavy atom. The lowest BCUT2D eigenvalue weighted by atomic mass is 10.2. The van der Waals surface area contributed by atoms with Crippen molar-refractivity contribution >= 4 is 56.0 Å². The minimum absolute atomic E-state index is 0.0653. The van der Waals surface area contributed by atoms with E-state index in [4.69, 9.17) is 16.7 Å². The number of hydrogen-bond donors (Lipinski definition) is 2. The van der Waals surface area contributed by atoms with Crippen LogP contribution in [-0.2, 0) is 21.4 Å². The summed E-state index contributed by atoms with van der Waals surface area (Å²) in [5, 5.41) is 9.12. The van der Waals surface area contributed by atoms with E-state index in [9.17, 15) is 13.2 Å². The van der Waals surface area contributed by atoms with E-state index in [-0.39, 0.29) is 16.6 Å². The van der Waals surface area contributed by atoms with Crippen LogP contribution >= 0.6 is 23.4 Å². The van der Waals surface area contributed by atoms with Crippen molar-refractivity contribution in [1.29, 1.82) is 0 Å². The molecule has 0 atom stereocenters. The fraction of sp³-hybridized carbons (Fsp3) is 0.0909. The summed E-state index contributed by atoms with van der Waals surface area (Å²) in [5.41, 5.74) is 3.12. The molecule has 0 spiro atoms. The summed E-state index contributed by atoms with van der Waals surface area (Å²) >= 11 is 7.42. The number of fused-ring (bicyclic) bond motifs is 1. The van der Waals surface area contributed by atoms with Crippen LogP contribution in [0.4, 0.5) is 5.69 Å². The van der Waals surface area contributed by atoms with Gasteiger partial charge < -0.3 is 9.88 Å². The number of sulfonamides is 1. The number of benzene rings is 3. The number of imidazole rings is 1. The van der Waals surface area contributed by atoms with Crippen LogP contribution in [0.15, 0.2) is 82.8 Å². The van der Waals surface area contributed by atoms with Crippen LogP contribution in [0.2, 0.25) is 5.02 Å². The number of halogens is 1. The van der Waals surface area contributed by atoms with E-state index in [2.05, 4.69) is 10.3 Å². The van der Waals surface area contributed by atoms with E-state index in [0.717, 1.165) is 16.6 Å². The second-order valence-corrected chi connectivity index (χ2v) is 9.95. The highest BCUT2D eigenvalue weighted by atomic mass is 35.5.